The lowest BCUT2D eigenvalue weighted by Crippen LogP contribution is -2.02. The highest BCUT2D eigenvalue weighted by molar-refractivity contribution is 4.92. The van der Waals surface area contributed by atoms with Crippen molar-refractivity contribution in [2.75, 3.05) is 0 Å². The molecule has 1 unspecified atom stereocenters. The third-order valence-electron chi connectivity index (χ3n) is 3.88. The molecule has 1 atom stereocenters. The lowest BCUT2D eigenvalue weighted by atomic mass is 9.94. The minimum Gasteiger partial charge on any atom is -0.331 e. The van der Waals surface area contributed by atoms with Gasteiger partial charge in [-0.1, -0.05) is 71.6 Å². The van der Waals surface area contributed by atoms with E-state index < -0.39 is 0 Å². The van der Waals surface area contributed by atoms with Crippen molar-refractivity contribution < 1.29 is 0 Å². The number of aromatic nitrogens is 3. The summed E-state index contributed by atoms with van der Waals surface area (Å²) in [4.78, 5) is 3.21. The van der Waals surface area contributed by atoms with Crippen molar-refractivity contribution in [2.45, 2.75) is 90.4 Å². The van der Waals surface area contributed by atoms with Crippen LogP contribution in [0.3, 0.4) is 0 Å². The lowest BCUT2D eigenvalue weighted by molar-refractivity contribution is 0.478. The van der Waals surface area contributed by atoms with Gasteiger partial charge >= 0.3 is 0 Å². The third-order valence-corrected chi connectivity index (χ3v) is 3.88. The van der Waals surface area contributed by atoms with E-state index in [0.29, 0.717) is 5.92 Å². The Kier molecular flexibility index (Phi) is 9.38. The Hall–Kier alpha value is -0.860. The molecule has 0 aromatic carbocycles. The second-order valence-electron chi connectivity index (χ2n) is 5.62. The number of H-pyrrole nitrogens is 1. The van der Waals surface area contributed by atoms with Crippen molar-refractivity contribution in [2.24, 2.45) is 0 Å². The average Bonchev–Trinajstić information content (AvgIpc) is 2.95. The van der Waals surface area contributed by atoms with Gasteiger partial charge in [0.2, 0.25) is 0 Å². The van der Waals surface area contributed by atoms with Gasteiger partial charge in [0.1, 0.15) is 12.2 Å². The van der Waals surface area contributed by atoms with Gasteiger partial charge < -0.3 is 4.98 Å². The molecule has 0 bridgehead atoms. The fourth-order valence-corrected chi connectivity index (χ4v) is 2.64. The normalized spacial score (nSPS) is 12.7. The van der Waals surface area contributed by atoms with E-state index in [2.05, 4.69) is 29.0 Å². The third kappa shape index (κ3) is 7.34. The van der Waals surface area contributed by atoms with Gasteiger partial charge in [0.25, 0.3) is 0 Å². The van der Waals surface area contributed by atoms with Gasteiger partial charge in [-0.15, -0.1) is 10.2 Å². The maximum atomic E-state index is 4.22. The maximum absolute atomic E-state index is 4.22. The maximum Gasteiger partial charge on any atom is 0.133 e. The van der Waals surface area contributed by atoms with Crippen LogP contribution >= 0.6 is 0 Å². The molecule has 0 radical (unpaired) electrons. The molecule has 3 nitrogen and oxygen atoms in total. The smallest absolute Gasteiger partial charge is 0.133 e. The quantitative estimate of drug-likeness (QED) is 0.526. The van der Waals surface area contributed by atoms with E-state index >= 15 is 0 Å². The van der Waals surface area contributed by atoms with Gasteiger partial charge in [0.15, 0.2) is 0 Å². The Morgan fingerprint density at radius 3 is 2.00 bits per heavy atom. The van der Waals surface area contributed by atoms with Gasteiger partial charge in [0, 0.05) is 5.92 Å². The standard InChI is InChI=1S/C16H31N3/c1-3-5-7-9-11-13-15(12-10-8-6-4-2)16-17-14-18-19-16/h14-15H,3-13H2,1-2H3,(H,17,18,19). The largest absolute Gasteiger partial charge is 0.331 e. The van der Waals surface area contributed by atoms with E-state index in [1.807, 2.05) is 0 Å². The molecule has 0 amide bonds. The minimum atomic E-state index is 0.598. The molecular weight excluding hydrogens is 234 g/mol. The number of aromatic amines is 1. The molecule has 1 aromatic heterocycles. The fraction of sp³-hybridized carbons (Fsp3) is 0.875. The molecule has 0 fully saturated rings. The summed E-state index contributed by atoms with van der Waals surface area (Å²) in [6.07, 6.45) is 16.4. The number of hydrogen-bond acceptors (Lipinski definition) is 2. The highest BCUT2D eigenvalue weighted by atomic mass is 15.2. The molecule has 0 spiro atoms. The summed E-state index contributed by atoms with van der Waals surface area (Å²) in [5.74, 6) is 1.70. The summed E-state index contributed by atoms with van der Waals surface area (Å²) in [6.45, 7) is 4.53. The molecule has 19 heavy (non-hydrogen) atoms. The van der Waals surface area contributed by atoms with Crippen LogP contribution in [0.15, 0.2) is 6.33 Å². The predicted octanol–water partition coefficient (Wildman–Crippen LogP) is 5.22. The number of hydrogen-bond donors (Lipinski definition) is 1. The van der Waals surface area contributed by atoms with Crippen LogP contribution in [-0.2, 0) is 0 Å². The van der Waals surface area contributed by atoms with E-state index in [9.17, 15) is 0 Å². The van der Waals surface area contributed by atoms with Crippen molar-refractivity contribution in [3.8, 4) is 0 Å². The number of nitrogens with zero attached hydrogens (tertiary/aromatic N) is 2. The van der Waals surface area contributed by atoms with Gasteiger partial charge in [-0.2, -0.15) is 0 Å². The summed E-state index contributed by atoms with van der Waals surface area (Å²) in [5, 5.41) is 8.16. The van der Waals surface area contributed by atoms with E-state index in [1.54, 1.807) is 6.33 Å². The molecule has 1 N–H and O–H groups in total. The number of rotatable bonds is 12. The van der Waals surface area contributed by atoms with Crippen molar-refractivity contribution in [3.63, 3.8) is 0 Å². The average molecular weight is 265 g/mol. The van der Waals surface area contributed by atoms with Crippen LogP contribution in [0.25, 0.3) is 0 Å². The second-order valence-corrected chi connectivity index (χ2v) is 5.62. The highest BCUT2D eigenvalue weighted by Gasteiger charge is 2.13. The molecule has 1 heterocycles. The van der Waals surface area contributed by atoms with Gasteiger partial charge in [-0.3, -0.25) is 0 Å². The van der Waals surface area contributed by atoms with Crippen LogP contribution in [0.2, 0.25) is 0 Å². The number of nitrogens with one attached hydrogen (secondary N) is 1. The first-order valence-electron chi connectivity index (χ1n) is 8.24. The van der Waals surface area contributed by atoms with Crippen LogP contribution in [0, 0.1) is 0 Å². The monoisotopic (exact) mass is 265 g/mol. The predicted molar refractivity (Wildman–Crippen MR) is 81.3 cm³/mol. The van der Waals surface area contributed by atoms with Crippen LogP contribution in [0.4, 0.5) is 0 Å². The van der Waals surface area contributed by atoms with Crippen LogP contribution in [0.1, 0.15) is 96.2 Å². The minimum absolute atomic E-state index is 0.598. The molecule has 1 aromatic rings. The Bertz CT molecular complexity index is 282. The summed E-state index contributed by atoms with van der Waals surface area (Å²) in [6, 6.07) is 0. The lowest BCUT2D eigenvalue weighted by Gasteiger charge is -2.13. The summed E-state index contributed by atoms with van der Waals surface area (Å²) in [5.41, 5.74) is 0. The topological polar surface area (TPSA) is 41.6 Å². The zero-order valence-corrected chi connectivity index (χ0v) is 12.8. The van der Waals surface area contributed by atoms with Gasteiger partial charge in [-0.25, -0.2) is 0 Å². The Morgan fingerprint density at radius 1 is 0.895 bits per heavy atom. The van der Waals surface area contributed by atoms with Crippen molar-refractivity contribution in [3.05, 3.63) is 12.2 Å². The van der Waals surface area contributed by atoms with Crippen molar-refractivity contribution >= 4 is 0 Å². The first-order chi connectivity index (χ1) is 9.38. The molecule has 0 aliphatic carbocycles. The zero-order chi connectivity index (χ0) is 13.8. The molecule has 3 heteroatoms. The Balaban J connectivity index is 2.25. The van der Waals surface area contributed by atoms with Crippen LogP contribution in [-0.4, -0.2) is 15.2 Å². The summed E-state index contributed by atoms with van der Waals surface area (Å²) >= 11 is 0. The molecule has 0 saturated carbocycles. The molecule has 110 valence electrons. The Labute approximate surface area is 118 Å². The first-order valence-corrected chi connectivity index (χ1v) is 8.24. The summed E-state index contributed by atoms with van der Waals surface area (Å²) < 4.78 is 0. The van der Waals surface area contributed by atoms with Crippen LogP contribution < -0.4 is 0 Å². The van der Waals surface area contributed by atoms with Gasteiger partial charge in [-0.05, 0) is 12.8 Å². The Morgan fingerprint density at radius 2 is 1.47 bits per heavy atom. The zero-order valence-electron chi connectivity index (χ0n) is 12.8. The van der Waals surface area contributed by atoms with E-state index in [0.717, 1.165) is 5.82 Å². The SMILES string of the molecule is CCCCCCCC(CCCCCC)c1nnc[nH]1. The second kappa shape index (κ2) is 11.0. The molecule has 1 rings (SSSR count). The van der Waals surface area contributed by atoms with Gasteiger partial charge in [0.05, 0.1) is 0 Å². The first kappa shape index (κ1) is 16.2. The van der Waals surface area contributed by atoms with E-state index in [4.69, 9.17) is 0 Å². The number of unbranched alkanes of at least 4 members (excludes halogenated alkanes) is 7. The highest BCUT2D eigenvalue weighted by Crippen LogP contribution is 2.25. The van der Waals surface area contributed by atoms with E-state index in [-0.39, 0.29) is 0 Å². The summed E-state index contributed by atoms with van der Waals surface area (Å²) in [7, 11) is 0. The van der Waals surface area contributed by atoms with E-state index in [1.165, 1.54) is 70.6 Å². The van der Waals surface area contributed by atoms with Crippen LogP contribution in [0.5, 0.6) is 0 Å². The molecule has 0 aliphatic heterocycles. The fourth-order valence-electron chi connectivity index (χ4n) is 2.64. The van der Waals surface area contributed by atoms with Crippen molar-refractivity contribution in [1.29, 1.82) is 0 Å². The van der Waals surface area contributed by atoms with Crippen molar-refractivity contribution in [1.82, 2.24) is 15.2 Å². The molecule has 0 aliphatic rings. The molecular formula is C16H31N3. The molecule has 0 saturated heterocycles.